The van der Waals surface area contributed by atoms with E-state index >= 15 is 0 Å². The standard InChI is InChI=1S/C25H29N3O2S2/c1-4-6-15-22(29)26-19-13-10-14-20(16-19)32-21(5-2)24(30)28-25-27-23(17(3)31-25)18-11-8-7-9-12-18/h7-14,16,21H,4-6,15H2,1-3H3,(H,26,29)(H,27,28,30). The summed E-state index contributed by atoms with van der Waals surface area (Å²) >= 11 is 2.98. The normalized spacial score (nSPS) is 11.7. The van der Waals surface area contributed by atoms with Crippen molar-refractivity contribution in [3.63, 3.8) is 0 Å². The van der Waals surface area contributed by atoms with E-state index in [2.05, 4.69) is 22.5 Å². The molecule has 168 valence electrons. The Morgan fingerprint density at radius 1 is 1.06 bits per heavy atom. The van der Waals surface area contributed by atoms with Gasteiger partial charge in [-0.05, 0) is 38.0 Å². The van der Waals surface area contributed by atoms with Gasteiger partial charge in [0.2, 0.25) is 11.8 Å². The van der Waals surface area contributed by atoms with Crippen molar-refractivity contribution in [1.29, 1.82) is 0 Å². The molecular weight excluding hydrogens is 438 g/mol. The van der Waals surface area contributed by atoms with Crippen LogP contribution < -0.4 is 10.6 Å². The van der Waals surface area contributed by atoms with Gasteiger partial charge < -0.3 is 10.6 Å². The van der Waals surface area contributed by atoms with Gasteiger partial charge in [0, 0.05) is 27.4 Å². The van der Waals surface area contributed by atoms with Gasteiger partial charge in [-0.15, -0.1) is 23.1 Å². The average molecular weight is 468 g/mol. The zero-order chi connectivity index (χ0) is 22.9. The average Bonchev–Trinajstić information content (AvgIpc) is 3.16. The number of carbonyl (C=O) groups excluding carboxylic acids is 2. The lowest BCUT2D eigenvalue weighted by Crippen LogP contribution is -2.24. The zero-order valence-corrected chi connectivity index (χ0v) is 20.3. The molecule has 0 bridgehead atoms. The Balaban J connectivity index is 1.64. The number of hydrogen-bond donors (Lipinski definition) is 2. The summed E-state index contributed by atoms with van der Waals surface area (Å²) in [6, 6.07) is 17.6. The molecule has 1 aromatic heterocycles. The SMILES string of the molecule is CCCCC(=O)Nc1cccc(SC(CC)C(=O)Nc2nc(-c3ccccc3)c(C)s2)c1. The van der Waals surface area contributed by atoms with E-state index in [1.165, 1.54) is 23.1 Å². The van der Waals surface area contributed by atoms with Gasteiger partial charge >= 0.3 is 0 Å². The first-order valence-corrected chi connectivity index (χ1v) is 12.6. The van der Waals surface area contributed by atoms with Crippen LogP contribution in [0.2, 0.25) is 0 Å². The maximum absolute atomic E-state index is 13.0. The first kappa shape index (κ1) is 24.0. The fourth-order valence-electron chi connectivity index (χ4n) is 3.19. The summed E-state index contributed by atoms with van der Waals surface area (Å²) in [7, 11) is 0. The Morgan fingerprint density at radius 3 is 2.56 bits per heavy atom. The summed E-state index contributed by atoms with van der Waals surface area (Å²) in [6.45, 7) is 6.08. The maximum Gasteiger partial charge on any atom is 0.239 e. The van der Waals surface area contributed by atoms with Gasteiger partial charge in [-0.25, -0.2) is 4.98 Å². The molecule has 0 radical (unpaired) electrons. The molecule has 0 saturated carbocycles. The van der Waals surface area contributed by atoms with Gasteiger partial charge in [0.1, 0.15) is 0 Å². The number of rotatable bonds is 10. The Hall–Kier alpha value is -2.64. The molecule has 1 heterocycles. The molecule has 3 aromatic rings. The molecule has 3 rings (SSSR count). The van der Waals surface area contributed by atoms with E-state index in [1.807, 2.05) is 68.4 Å². The number of hydrogen-bond acceptors (Lipinski definition) is 5. The van der Waals surface area contributed by atoms with E-state index in [4.69, 9.17) is 0 Å². The van der Waals surface area contributed by atoms with Crippen LogP contribution in [0, 0.1) is 6.92 Å². The molecule has 2 N–H and O–H groups in total. The van der Waals surface area contributed by atoms with Gasteiger partial charge in [0.25, 0.3) is 0 Å². The highest BCUT2D eigenvalue weighted by Gasteiger charge is 2.20. The molecule has 0 spiro atoms. The number of carbonyl (C=O) groups is 2. The first-order valence-electron chi connectivity index (χ1n) is 10.9. The van der Waals surface area contributed by atoms with Crippen molar-refractivity contribution in [3.8, 4) is 11.3 Å². The van der Waals surface area contributed by atoms with Gasteiger partial charge in [0.15, 0.2) is 5.13 Å². The number of nitrogens with zero attached hydrogens (tertiary/aromatic N) is 1. The van der Waals surface area contributed by atoms with Crippen molar-refractivity contribution in [2.24, 2.45) is 0 Å². The van der Waals surface area contributed by atoms with Crippen molar-refractivity contribution in [1.82, 2.24) is 4.98 Å². The predicted molar refractivity (Wildman–Crippen MR) is 135 cm³/mol. The number of unbranched alkanes of at least 4 members (excludes halogenated alkanes) is 1. The van der Waals surface area contributed by atoms with Crippen LogP contribution in [0.15, 0.2) is 59.5 Å². The third-order valence-electron chi connectivity index (χ3n) is 4.89. The lowest BCUT2D eigenvalue weighted by atomic mass is 10.1. The van der Waals surface area contributed by atoms with Gasteiger partial charge in [-0.3, -0.25) is 9.59 Å². The lowest BCUT2D eigenvalue weighted by Gasteiger charge is -2.14. The summed E-state index contributed by atoms with van der Waals surface area (Å²) in [5.74, 6) is -0.0459. The predicted octanol–water partition coefficient (Wildman–Crippen LogP) is 6.76. The van der Waals surface area contributed by atoms with E-state index in [-0.39, 0.29) is 17.1 Å². The molecule has 5 nitrogen and oxygen atoms in total. The van der Waals surface area contributed by atoms with Crippen molar-refractivity contribution in [2.45, 2.75) is 56.6 Å². The number of aromatic nitrogens is 1. The van der Waals surface area contributed by atoms with E-state index in [0.717, 1.165) is 39.6 Å². The third-order valence-corrected chi connectivity index (χ3v) is 7.13. The topological polar surface area (TPSA) is 71.1 Å². The highest BCUT2D eigenvalue weighted by Crippen LogP contribution is 2.32. The fraction of sp³-hybridized carbons (Fsp3) is 0.320. The number of thioether (sulfide) groups is 1. The van der Waals surface area contributed by atoms with Crippen LogP contribution in [0.25, 0.3) is 11.3 Å². The number of anilines is 2. The Kier molecular flexibility index (Phi) is 8.88. The second kappa shape index (κ2) is 11.8. The Morgan fingerprint density at radius 2 is 1.84 bits per heavy atom. The van der Waals surface area contributed by atoms with Crippen molar-refractivity contribution >= 4 is 45.7 Å². The number of amides is 2. The minimum atomic E-state index is -0.259. The molecule has 2 amide bonds. The second-order valence-electron chi connectivity index (χ2n) is 7.47. The summed E-state index contributed by atoms with van der Waals surface area (Å²) in [6.07, 6.45) is 3.06. The molecular formula is C25H29N3O2S2. The largest absolute Gasteiger partial charge is 0.326 e. The molecule has 32 heavy (non-hydrogen) atoms. The first-order chi connectivity index (χ1) is 15.5. The van der Waals surface area contributed by atoms with Crippen molar-refractivity contribution in [2.75, 3.05) is 10.6 Å². The molecule has 7 heteroatoms. The van der Waals surface area contributed by atoms with Crippen molar-refractivity contribution < 1.29 is 9.59 Å². The molecule has 0 aliphatic rings. The highest BCUT2D eigenvalue weighted by molar-refractivity contribution is 8.00. The minimum Gasteiger partial charge on any atom is -0.326 e. The van der Waals surface area contributed by atoms with Gasteiger partial charge in [-0.2, -0.15) is 0 Å². The molecule has 1 atom stereocenters. The zero-order valence-electron chi connectivity index (χ0n) is 18.7. The van der Waals surface area contributed by atoms with E-state index in [0.29, 0.717) is 18.0 Å². The molecule has 1 unspecified atom stereocenters. The van der Waals surface area contributed by atoms with Gasteiger partial charge in [-0.1, -0.05) is 56.7 Å². The van der Waals surface area contributed by atoms with E-state index in [1.54, 1.807) is 0 Å². The summed E-state index contributed by atoms with van der Waals surface area (Å²) in [5.41, 5.74) is 2.70. The van der Waals surface area contributed by atoms with Crippen molar-refractivity contribution in [3.05, 3.63) is 59.5 Å². The van der Waals surface area contributed by atoms with E-state index in [9.17, 15) is 9.59 Å². The molecule has 0 aliphatic carbocycles. The molecule has 2 aromatic carbocycles. The van der Waals surface area contributed by atoms with Crippen LogP contribution in [0.5, 0.6) is 0 Å². The quantitative estimate of drug-likeness (QED) is 0.323. The van der Waals surface area contributed by atoms with Crippen LogP contribution in [0.4, 0.5) is 10.8 Å². The van der Waals surface area contributed by atoms with Crippen LogP contribution >= 0.6 is 23.1 Å². The monoisotopic (exact) mass is 467 g/mol. The maximum atomic E-state index is 13.0. The highest BCUT2D eigenvalue weighted by atomic mass is 32.2. The van der Waals surface area contributed by atoms with E-state index < -0.39 is 0 Å². The Bertz CT molecular complexity index is 1050. The lowest BCUT2D eigenvalue weighted by molar-refractivity contribution is -0.116. The number of aryl methyl sites for hydroxylation is 1. The van der Waals surface area contributed by atoms with Crippen LogP contribution in [0.3, 0.4) is 0 Å². The van der Waals surface area contributed by atoms with Gasteiger partial charge in [0.05, 0.1) is 10.9 Å². The summed E-state index contributed by atoms with van der Waals surface area (Å²) in [5, 5.41) is 6.29. The van der Waals surface area contributed by atoms with Crippen LogP contribution in [0.1, 0.15) is 44.4 Å². The Labute approximate surface area is 198 Å². The fourth-order valence-corrected chi connectivity index (χ4v) is 5.05. The minimum absolute atomic E-state index is 0.0205. The smallest absolute Gasteiger partial charge is 0.239 e. The number of thiazole rings is 1. The number of nitrogens with one attached hydrogen (secondary N) is 2. The molecule has 0 fully saturated rings. The number of benzene rings is 2. The summed E-state index contributed by atoms with van der Waals surface area (Å²) in [4.78, 5) is 31.6. The summed E-state index contributed by atoms with van der Waals surface area (Å²) < 4.78 is 0. The molecule has 0 aliphatic heterocycles. The molecule has 0 saturated heterocycles. The second-order valence-corrected chi connectivity index (χ2v) is 9.95. The van der Waals surface area contributed by atoms with Crippen LogP contribution in [-0.4, -0.2) is 22.0 Å². The third kappa shape index (κ3) is 6.68. The van der Waals surface area contributed by atoms with Crippen LogP contribution in [-0.2, 0) is 9.59 Å².